The first kappa shape index (κ1) is 18.2. The fraction of sp³-hybridized carbons (Fsp3) is 0.368. The number of quaternary nitrogens is 1. The van der Waals surface area contributed by atoms with Gasteiger partial charge in [0.2, 0.25) is 0 Å². The zero-order valence-corrected chi connectivity index (χ0v) is 15.5. The van der Waals surface area contributed by atoms with Crippen LogP contribution in [0.15, 0.2) is 42.6 Å². The number of carbonyl (C=O) groups is 1. The van der Waals surface area contributed by atoms with Gasteiger partial charge in [-0.15, -0.1) is 0 Å². The summed E-state index contributed by atoms with van der Waals surface area (Å²) in [6.07, 6.45) is 4.91. The van der Waals surface area contributed by atoms with Crippen molar-refractivity contribution in [3.63, 3.8) is 0 Å². The van der Waals surface area contributed by atoms with E-state index in [1.54, 1.807) is 6.07 Å². The van der Waals surface area contributed by atoms with Crippen molar-refractivity contribution in [3.05, 3.63) is 58.2 Å². The van der Waals surface area contributed by atoms with Crippen molar-refractivity contribution in [2.75, 3.05) is 25.0 Å². The molecule has 3 rings (SSSR count). The zero-order valence-electron chi connectivity index (χ0n) is 14.0. The summed E-state index contributed by atoms with van der Waals surface area (Å²) < 4.78 is 0. The Labute approximate surface area is 158 Å². The van der Waals surface area contributed by atoms with Gasteiger partial charge in [-0.2, -0.15) is 0 Å². The molecule has 4 nitrogen and oxygen atoms in total. The van der Waals surface area contributed by atoms with Crippen LogP contribution < -0.4 is 10.2 Å². The van der Waals surface area contributed by atoms with Crippen molar-refractivity contribution >= 4 is 34.9 Å². The lowest BCUT2D eigenvalue weighted by atomic mass is 9.90. The van der Waals surface area contributed by atoms with Gasteiger partial charge in [-0.25, -0.2) is 4.98 Å². The average molecular weight is 379 g/mol. The molecule has 0 bridgehead atoms. The van der Waals surface area contributed by atoms with Crippen LogP contribution in [0.4, 0.5) is 5.82 Å². The number of hydrogen-bond acceptors (Lipinski definition) is 2. The van der Waals surface area contributed by atoms with Crippen molar-refractivity contribution in [2.24, 2.45) is 5.92 Å². The smallest absolute Gasteiger partial charge is 0.280 e. The summed E-state index contributed by atoms with van der Waals surface area (Å²) in [6, 6.07) is 12.2. The summed E-state index contributed by atoms with van der Waals surface area (Å²) in [5, 5.41) is 3.59. The monoisotopic (exact) mass is 378 g/mol. The van der Waals surface area contributed by atoms with Crippen LogP contribution in [0.2, 0.25) is 10.0 Å². The van der Waals surface area contributed by atoms with Gasteiger partial charge >= 0.3 is 0 Å². The van der Waals surface area contributed by atoms with Gasteiger partial charge in [-0.05, 0) is 36.8 Å². The Kier molecular flexibility index (Phi) is 6.29. The van der Waals surface area contributed by atoms with Crippen LogP contribution in [0, 0.1) is 5.92 Å². The number of hydrogen-bond donors (Lipinski definition) is 2. The summed E-state index contributed by atoms with van der Waals surface area (Å²) in [5.41, 5.74) is 1.40. The molecule has 6 heteroatoms. The van der Waals surface area contributed by atoms with E-state index in [-0.39, 0.29) is 5.91 Å². The van der Waals surface area contributed by atoms with Crippen molar-refractivity contribution in [1.29, 1.82) is 0 Å². The van der Waals surface area contributed by atoms with Crippen LogP contribution in [-0.2, 0) is 11.2 Å². The first-order chi connectivity index (χ1) is 12.1. The molecule has 0 radical (unpaired) electrons. The second kappa shape index (κ2) is 8.65. The number of halogens is 2. The van der Waals surface area contributed by atoms with Crippen LogP contribution in [0.5, 0.6) is 0 Å². The van der Waals surface area contributed by atoms with Crippen molar-refractivity contribution in [1.82, 2.24) is 4.98 Å². The predicted molar refractivity (Wildman–Crippen MR) is 101 cm³/mol. The van der Waals surface area contributed by atoms with Gasteiger partial charge in [-0.1, -0.05) is 53.5 Å². The van der Waals surface area contributed by atoms with Gasteiger partial charge in [0.25, 0.3) is 5.91 Å². The van der Waals surface area contributed by atoms with Gasteiger partial charge < -0.3 is 10.2 Å². The number of nitrogens with one attached hydrogen (secondary N) is 2. The van der Waals surface area contributed by atoms with E-state index >= 15 is 0 Å². The van der Waals surface area contributed by atoms with E-state index in [4.69, 9.17) is 23.2 Å². The molecule has 0 atom stereocenters. The number of benzene rings is 1. The second-order valence-corrected chi connectivity index (χ2v) is 7.44. The number of amides is 1. The molecule has 0 spiro atoms. The quantitative estimate of drug-likeness (QED) is 0.839. The van der Waals surface area contributed by atoms with Gasteiger partial charge in [-0.3, -0.25) is 4.79 Å². The maximum Gasteiger partial charge on any atom is 0.280 e. The Morgan fingerprint density at radius 2 is 1.92 bits per heavy atom. The number of likely N-dealkylation sites (tertiary alicyclic amines) is 1. The molecule has 1 aromatic heterocycles. The Balaban J connectivity index is 1.44. The molecule has 1 aromatic carbocycles. The van der Waals surface area contributed by atoms with E-state index in [0.29, 0.717) is 28.3 Å². The van der Waals surface area contributed by atoms with E-state index in [0.717, 1.165) is 32.4 Å². The van der Waals surface area contributed by atoms with E-state index in [9.17, 15) is 4.79 Å². The third kappa shape index (κ3) is 5.43. The standard InChI is InChI=1S/C19H21Cl2N3O/c20-16-11-17(21)19(22-12-16)23-18(25)13-24-8-6-15(7-9-24)10-14-4-2-1-3-5-14/h1-5,11-12,15H,6-10,13H2,(H,22,23,25)/p+1. The highest BCUT2D eigenvalue weighted by Crippen LogP contribution is 2.22. The highest BCUT2D eigenvalue weighted by molar-refractivity contribution is 6.36. The maximum atomic E-state index is 12.2. The second-order valence-electron chi connectivity index (χ2n) is 6.59. The lowest BCUT2D eigenvalue weighted by molar-refractivity contribution is -0.898. The molecule has 2 N–H and O–H groups in total. The van der Waals surface area contributed by atoms with Crippen LogP contribution in [0.25, 0.3) is 0 Å². The molecule has 1 aliphatic heterocycles. The Hall–Kier alpha value is -1.62. The summed E-state index contributed by atoms with van der Waals surface area (Å²) in [7, 11) is 0. The Bertz CT molecular complexity index is 716. The van der Waals surface area contributed by atoms with E-state index in [1.807, 2.05) is 0 Å². The molecular weight excluding hydrogens is 357 g/mol. The van der Waals surface area contributed by atoms with E-state index in [2.05, 4.69) is 40.6 Å². The Morgan fingerprint density at radius 1 is 1.20 bits per heavy atom. The summed E-state index contributed by atoms with van der Waals surface area (Å²) in [6.45, 7) is 2.48. The van der Waals surface area contributed by atoms with Gasteiger partial charge in [0.1, 0.15) is 0 Å². The minimum absolute atomic E-state index is 0.0618. The zero-order chi connectivity index (χ0) is 17.6. The topological polar surface area (TPSA) is 46.4 Å². The number of carbonyl (C=O) groups excluding carboxylic acids is 1. The van der Waals surface area contributed by atoms with Crippen LogP contribution >= 0.6 is 23.2 Å². The van der Waals surface area contributed by atoms with Gasteiger partial charge in [0.05, 0.1) is 23.1 Å². The normalized spacial score (nSPS) is 20.2. The molecule has 1 fully saturated rings. The van der Waals surface area contributed by atoms with Crippen molar-refractivity contribution in [2.45, 2.75) is 19.3 Å². The number of nitrogens with zero attached hydrogens (tertiary/aromatic N) is 1. The van der Waals surface area contributed by atoms with Crippen molar-refractivity contribution in [3.8, 4) is 0 Å². The predicted octanol–water partition coefficient (Wildman–Crippen LogP) is 2.86. The summed E-state index contributed by atoms with van der Waals surface area (Å²) in [5.74, 6) is 1.02. The highest BCUT2D eigenvalue weighted by atomic mass is 35.5. The van der Waals surface area contributed by atoms with Crippen LogP contribution in [0.3, 0.4) is 0 Å². The molecule has 2 aromatic rings. The molecule has 1 aliphatic rings. The van der Waals surface area contributed by atoms with E-state index in [1.165, 1.54) is 16.7 Å². The molecule has 0 saturated carbocycles. The molecule has 132 valence electrons. The van der Waals surface area contributed by atoms with Crippen LogP contribution in [0.1, 0.15) is 18.4 Å². The highest BCUT2D eigenvalue weighted by Gasteiger charge is 2.24. The minimum Gasteiger partial charge on any atom is -0.327 e. The average Bonchev–Trinajstić information content (AvgIpc) is 2.60. The largest absolute Gasteiger partial charge is 0.327 e. The van der Waals surface area contributed by atoms with Crippen LogP contribution in [-0.4, -0.2) is 30.5 Å². The molecule has 1 saturated heterocycles. The van der Waals surface area contributed by atoms with Crippen molar-refractivity contribution < 1.29 is 9.69 Å². The number of anilines is 1. The molecule has 0 unspecified atom stereocenters. The lowest BCUT2D eigenvalue weighted by Gasteiger charge is -2.28. The number of piperidine rings is 1. The number of rotatable bonds is 5. The molecule has 2 heterocycles. The van der Waals surface area contributed by atoms with Gasteiger partial charge in [0.15, 0.2) is 12.4 Å². The molecular formula is C19H22Cl2N3O+. The molecule has 0 aliphatic carbocycles. The molecule has 1 amide bonds. The summed E-state index contributed by atoms with van der Waals surface area (Å²) >= 11 is 11.9. The third-order valence-electron chi connectivity index (χ3n) is 4.66. The lowest BCUT2D eigenvalue weighted by Crippen LogP contribution is -3.14. The number of pyridine rings is 1. The fourth-order valence-corrected chi connectivity index (χ4v) is 3.75. The maximum absolute atomic E-state index is 12.2. The van der Waals surface area contributed by atoms with E-state index < -0.39 is 0 Å². The first-order valence-corrected chi connectivity index (χ1v) is 9.34. The molecule has 25 heavy (non-hydrogen) atoms. The SMILES string of the molecule is O=C(C[NH+]1CCC(Cc2ccccc2)CC1)Nc1ncc(Cl)cc1Cl. The van der Waals surface area contributed by atoms with Gasteiger partial charge in [0, 0.05) is 6.20 Å². The Morgan fingerprint density at radius 3 is 2.60 bits per heavy atom. The fourth-order valence-electron chi connectivity index (χ4n) is 3.32. The minimum atomic E-state index is -0.0618. The first-order valence-electron chi connectivity index (χ1n) is 8.58. The summed E-state index contributed by atoms with van der Waals surface area (Å²) in [4.78, 5) is 17.6. The number of aromatic nitrogens is 1. The third-order valence-corrected chi connectivity index (χ3v) is 5.15.